The molecule has 3 rings (SSSR count). The van der Waals surface area contributed by atoms with Gasteiger partial charge in [-0.2, -0.15) is 0 Å². The Morgan fingerprint density at radius 1 is 1.12 bits per heavy atom. The quantitative estimate of drug-likeness (QED) is 0.725. The lowest BCUT2D eigenvalue weighted by molar-refractivity contribution is 0.0765. The largest absolute Gasteiger partial charge is 0.376 e. The maximum Gasteiger partial charge on any atom is 0.0845 e. The van der Waals surface area contributed by atoms with Gasteiger partial charge in [-0.1, -0.05) is 30.3 Å². The van der Waals surface area contributed by atoms with Crippen LogP contribution >= 0.6 is 0 Å². The van der Waals surface area contributed by atoms with Crippen LogP contribution in [0.15, 0.2) is 30.3 Å². The van der Waals surface area contributed by atoms with Crippen LogP contribution in [0, 0.1) is 5.92 Å². The second-order valence-corrected chi connectivity index (χ2v) is 4.89. The van der Waals surface area contributed by atoms with Crippen LogP contribution in [0.5, 0.6) is 0 Å². The van der Waals surface area contributed by atoms with E-state index in [2.05, 4.69) is 24.3 Å². The topological polar surface area (TPSA) is 21.8 Å². The number of hydrogen-bond acceptors (Lipinski definition) is 2. The van der Waals surface area contributed by atoms with E-state index in [4.69, 9.17) is 9.47 Å². The van der Waals surface area contributed by atoms with Gasteiger partial charge in [0.25, 0.3) is 0 Å². The molecule has 0 bridgehead atoms. The zero-order chi connectivity index (χ0) is 10.8. The van der Waals surface area contributed by atoms with Crippen molar-refractivity contribution in [3.8, 4) is 0 Å². The number of benzene rings is 1. The van der Waals surface area contributed by atoms with Crippen molar-refractivity contribution in [1.82, 2.24) is 0 Å². The summed E-state index contributed by atoms with van der Waals surface area (Å²) < 4.78 is 11.3. The number of rotatable bonds is 4. The highest BCUT2D eigenvalue weighted by Crippen LogP contribution is 2.39. The van der Waals surface area contributed by atoms with Crippen molar-refractivity contribution >= 4 is 0 Å². The third-order valence-electron chi connectivity index (χ3n) is 3.58. The molecule has 1 saturated heterocycles. The first-order chi connectivity index (χ1) is 7.92. The molecular weight excluding hydrogens is 200 g/mol. The van der Waals surface area contributed by atoms with Crippen LogP contribution in [-0.4, -0.2) is 18.8 Å². The van der Waals surface area contributed by atoms with Crippen molar-refractivity contribution in [1.29, 1.82) is 0 Å². The van der Waals surface area contributed by atoms with Gasteiger partial charge >= 0.3 is 0 Å². The van der Waals surface area contributed by atoms with Crippen LogP contribution in [-0.2, 0) is 16.1 Å². The Bertz CT molecular complexity index is 336. The first-order valence-electron chi connectivity index (χ1n) is 6.19. The first-order valence-corrected chi connectivity index (χ1v) is 6.19. The molecule has 1 aliphatic heterocycles. The predicted octanol–water partition coefficient (Wildman–Crippen LogP) is 2.77. The summed E-state index contributed by atoms with van der Waals surface area (Å²) in [6, 6.07) is 10.4. The highest BCUT2D eigenvalue weighted by atomic mass is 16.6. The summed E-state index contributed by atoms with van der Waals surface area (Å²) in [7, 11) is 0. The van der Waals surface area contributed by atoms with Gasteiger partial charge in [0, 0.05) is 6.61 Å². The second-order valence-electron chi connectivity index (χ2n) is 4.89. The Labute approximate surface area is 96.6 Å². The van der Waals surface area contributed by atoms with Crippen LogP contribution in [0.1, 0.15) is 24.8 Å². The minimum Gasteiger partial charge on any atom is -0.376 e. The molecule has 1 heterocycles. The first kappa shape index (κ1) is 10.3. The Morgan fingerprint density at radius 3 is 2.81 bits per heavy atom. The summed E-state index contributed by atoms with van der Waals surface area (Å²) in [5, 5.41) is 0. The Balaban J connectivity index is 1.40. The molecule has 0 N–H and O–H groups in total. The Morgan fingerprint density at radius 2 is 2.00 bits per heavy atom. The van der Waals surface area contributed by atoms with E-state index < -0.39 is 0 Å². The van der Waals surface area contributed by atoms with E-state index in [-0.39, 0.29) is 0 Å². The van der Waals surface area contributed by atoms with Gasteiger partial charge in [-0.25, -0.2) is 0 Å². The molecule has 1 aromatic rings. The molecule has 86 valence electrons. The van der Waals surface area contributed by atoms with E-state index in [1.807, 2.05) is 6.07 Å². The number of ether oxygens (including phenoxy) is 2. The molecule has 2 heteroatoms. The van der Waals surface area contributed by atoms with Crippen molar-refractivity contribution < 1.29 is 9.47 Å². The van der Waals surface area contributed by atoms with Gasteiger partial charge < -0.3 is 9.47 Å². The molecule has 2 nitrogen and oxygen atoms in total. The third-order valence-corrected chi connectivity index (χ3v) is 3.58. The Hall–Kier alpha value is -0.860. The van der Waals surface area contributed by atoms with Gasteiger partial charge in [0.1, 0.15) is 0 Å². The molecule has 1 aliphatic carbocycles. The number of hydrogen-bond donors (Lipinski definition) is 0. The molecule has 2 aliphatic rings. The lowest BCUT2D eigenvalue weighted by Crippen LogP contribution is -2.18. The SMILES string of the molecule is c1ccc(COC[C@H]2CC[C@H]3O[C@H]3C2)cc1. The molecule has 16 heavy (non-hydrogen) atoms. The molecular formula is C14H18O2. The van der Waals surface area contributed by atoms with Crippen molar-refractivity contribution in [3.05, 3.63) is 35.9 Å². The van der Waals surface area contributed by atoms with Gasteiger partial charge in [0.15, 0.2) is 0 Å². The van der Waals surface area contributed by atoms with Crippen molar-refractivity contribution in [3.63, 3.8) is 0 Å². The van der Waals surface area contributed by atoms with E-state index in [1.54, 1.807) is 0 Å². The lowest BCUT2D eigenvalue weighted by Gasteiger charge is -2.18. The van der Waals surface area contributed by atoms with Crippen LogP contribution in [0.25, 0.3) is 0 Å². The monoisotopic (exact) mass is 218 g/mol. The van der Waals surface area contributed by atoms with E-state index in [9.17, 15) is 0 Å². The van der Waals surface area contributed by atoms with Gasteiger partial charge in [-0.05, 0) is 30.7 Å². The predicted molar refractivity (Wildman–Crippen MR) is 62.1 cm³/mol. The molecule has 0 spiro atoms. The van der Waals surface area contributed by atoms with Crippen LogP contribution < -0.4 is 0 Å². The minimum absolute atomic E-state index is 0.569. The van der Waals surface area contributed by atoms with Gasteiger partial charge in [-0.15, -0.1) is 0 Å². The molecule has 1 aromatic carbocycles. The summed E-state index contributed by atoms with van der Waals surface area (Å²) in [5.41, 5.74) is 1.26. The van der Waals surface area contributed by atoms with Gasteiger partial charge in [-0.3, -0.25) is 0 Å². The molecule has 1 saturated carbocycles. The molecule has 0 aromatic heterocycles. The van der Waals surface area contributed by atoms with Gasteiger partial charge in [0.05, 0.1) is 18.8 Å². The summed E-state index contributed by atoms with van der Waals surface area (Å²) in [5.74, 6) is 0.715. The van der Waals surface area contributed by atoms with Crippen LogP contribution in [0.3, 0.4) is 0 Å². The van der Waals surface area contributed by atoms with E-state index in [0.717, 1.165) is 13.2 Å². The molecule has 2 fully saturated rings. The maximum absolute atomic E-state index is 5.77. The van der Waals surface area contributed by atoms with Gasteiger partial charge in [0.2, 0.25) is 0 Å². The molecule has 0 unspecified atom stereocenters. The van der Waals surface area contributed by atoms with Crippen molar-refractivity contribution in [2.45, 2.75) is 38.1 Å². The van der Waals surface area contributed by atoms with Crippen LogP contribution in [0.4, 0.5) is 0 Å². The summed E-state index contributed by atoms with van der Waals surface area (Å²) in [4.78, 5) is 0. The van der Waals surface area contributed by atoms with E-state index in [1.165, 1.54) is 24.8 Å². The molecule has 3 atom stereocenters. The third kappa shape index (κ3) is 2.45. The standard InChI is InChI=1S/C14H18O2/c1-2-4-11(5-3-1)9-15-10-12-6-7-13-14(8-12)16-13/h1-5,12-14H,6-10H2/t12-,13+,14-/m0/s1. The second kappa shape index (κ2) is 4.56. The minimum atomic E-state index is 0.569. The average Bonchev–Trinajstić information content (AvgIpc) is 3.09. The van der Waals surface area contributed by atoms with E-state index in [0.29, 0.717) is 18.1 Å². The van der Waals surface area contributed by atoms with Crippen LogP contribution in [0.2, 0.25) is 0 Å². The lowest BCUT2D eigenvalue weighted by atomic mass is 9.90. The summed E-state index contributed by atoms with van der Waals surface area (Å²) >= 11 is 0. The number of fused-ring (bicyclic) bond motifs is 1. The zero-order valence-electron chi connectivity index (χ0n) is 9.47. The van der Waals surface area contributed by atoms with E-state index >= 15 is 0 Å². The van der Waals surface area contributed by atoms with Crippen molar-refractivity contribution in [2.24, 2.45) is 5.92 Å². The van der Waals surface area contributed by atoms with Crippen molar-refractivity contribution in [2.75, 3.05) is 6.61 Å². The molecule has 0 radical (unpaired) electrons. The average molecular weight is 218 g/mol. The maximum atomic E-state index is 5.77. The highest BCUT2D eigenvalue weighted by molar-refractivity contribution is 5.13. The highest BCUT2D eigenvalue weighted by Gasteiger charge is 2.43. The summed E-state index contributed by atoms with van der Waals surface area (Å²) in [6.07, 6.45) is 4.89. The summed E-state index contributed by atoms with van der Waals surface area (Å²) in [6.45, 7) is 1.63. The Kier molecular flexibility index (Phi) is 2.94. The fourth-order valence-electron chi connectivity index (χ4n) is 2.56. The normalized spacial score (nSPS) is 32.1. The molecule has 0 amide bonds. The fourth-order valence-corrected chi connectivity index (χ4v) is 2.56. The zero-order valence-corrected chi connectivity index (χ0v) is 9.47. The number of epoxide rings is 1. The fraction of sp³-hybridized carbons (Fsp3) is 0.571. The smallest absolute Gasteiger partial charge is 0.0845 e.